The number of halogens is 1. The average molecular weight is 289 g/mol. The Morgan fingerprint density at radius 1 is 1.20 bits per heavy atom. The fourth-order valence-electron chi connectivity index (χ4n) is 1.67. The van der Waals surface area contributed by atoms with Gasteiger partial charge in [0.2, 0.25) is 0 Å². The zero-order chi connectivity index (χ0) is 15.8. The van der Waals surface area contributed by atoms with Crippen molar-refractivity contribution in [1.29, 1.82) is 0 Å². The molecular weight excluding hydrogens is 265 g/mol. The van der Waals surface area contributed by atoms with Gasteiger partial charge in [0.1, 0.15) is 5.82 Å². The maximum Gasteiger partial charge on any atom is 0.253 e. The summed E-state index contributed by atoms with van der Waals surface area (Å²) in [5.74, 6) is -2.85. The first kappa shape index (κ1) is 18.9. The van der Waals surface area contributed by atoms with Gasteiger partial charge in [-0.1, -0.05) is 13.8 Å². The highest BCUT2D eigenvalue weighted by atomic mass is 19.1. The smallest absolute Gasteiger partial charge is 0.253 e. The van der Waals surface area contributed by atoms with Gasteiger partial charge in [0.15, 0.2) is 0 Å². The molecule has 1 unspecified atom stereocenters. The molecule has 1 aromatic carbocycles. The van der Waals surface area contributed by atoms with E-state index in [0.717, 1.165) is 17.0 Å². The van der Waals surface area contributed by atoms with Crippen LogP contribution in [0, 0.1) is 5.82 Å². The Hall–Kier alpha value is -1.05. The van der Waals surface area contributed by atoms with Crippen molar-refractivity contribution in [1.82, 2.24) is 4.90 Å². The highest BCUT2D eigenvalue weighted by molar-refractivity contribution is 5.20. The number of hydrogen-bond acceptors (Lipinski definition) is 5. The number of hydrogen-bond donors (Lipinski definition) is 4. The van der Waals surface area contributed by atoms with Gasteiger partial charge in [-0.2, -0.15) is 0 Å². The second-order valence-electron chi connectivity index (χ2n) is 4.16. The van der Waals surface area contributed by atoms with E-state index < -0.39 is 17.8 Å². The molecule has 116 valence electrons. The van der Waals surface area contributed by atoms with Crippen LogP contribution in [0.15, 0.2) is 24.3 Å². The second-order valence-corrected chi connectivity index (χ2v) is 4.16. The third-order valence-electron chi connectivity index (χ3n) is 2.53. The zero-order valence-electron chi connectivity index (χ0n) is 12.1. The minimum absolute atomic E-state index is 0.0325. The van der Waals surface area contributed by atoms with Crippen LogP contribution in [0.1, 0.15) is 26.3 Å². The Balaban J connectivity index is 0.00000172. The molecule has 1 aromatic rings. The van der Waals surface area contributed by atoms with Gasteiger partial charge >= 0.3 is 0 Å². The lowest BCUT2D eigenvalue weighted by atomic mass is 10.1. The van der Waals surface area contributed by atoms with Crippen LogP contribution in [0.5, 0.6) is 0 Å². The largest absolute Gasteiger partial charge is 0.395 e. The molecule has 0 aliphatic heterocycles. The van der Waals surface area contributed by atoms with Gasteiger partial charge in [-0.15, -0.1) is 0 Å². The van der Waals surface area contributed by atoms with Crippen LogP contribution < -0.4 is 0 Å². The van der Waals surface area contributed by atoms with Crippen molar-refractivity contribution in [3.05, 3.63) is 35.6 Å². The summed E-state index contributed by atoms with van der Waals surface area (Å²) in [7, 11) is 0. The molecule has 20 heavy (non-hydrogen) atoms. The van der Waals surface area contributed by atoms with Crippen molar-refractivity contribution in [3.8, 4) is 0 Å². The van der Waals surface area contributed by atoms with E-state index in [1.165, 1.54) is 19.1 Å². The predicted molar refractivity (Wildman–Crippen MR) is 74.2 cm³/mol. The maximum atomic E-state index is 12.8. The molecule has 0 aliphatic rings. The first-order valence-electron chi connectivity index (χ1n) is 6.62. The normalized spacial score (nSPS) is 12.8. The summed E-state index contributed by atoms with van der Waals surface area (Å²) in [6, 6.07) is 4.69. The summed E-state index contributed by atoms with van der Waals surface area (Å²) in [6.45, 7) is 5.13. The highest BCUT2D eigenvalue weighted by Crippen LogP contribution is 2.23. The van der Waals surface area contributed by atoms with E-state index in [1.807, 2.05) is 13.8 Å². The standard InChI is InChI=1S/C12H18FNO4.C2H6/c1-9(16)8-14(6-7-15)12(17,18)10-2-4-11(13)5-3-10;1-2/h2-5,9,15-18H,6-8H2,1H3;1-2H3. The van der Waals surface area contributed by atoms with Crippen molar-refractivity contribution in [2.75, 3.05) is 19.7 Å². The minimum atomic E-state index is -2.37. The highest BCUT2D eigenvalue weighted by Gasteiger charge is 2.34. The molecule has 1 atom stereocenters. The van der Waals surface area contributed by atoms with Crippen LogP contribution in [0.2, 0.25) is 0 Å². The van der Waals surface area contributed by atoms with Crippen LogP contribution in [0.25, 0.3) is 0 Å². The summed E-state index contributed by atoms with van der Waals surface area (Å²) < 4.78 is 12.8. The lowest BCUT2D eigenvalue weighted by Gasteiger charge is -2.35. The molecule has 1 rings (SSSR count). The van der Waals surface area contributed by atoms with Crippen LogP contribution in [0.3, 0.4) is 0 Å². The Labute approximate surface area is 118 Å². The zero-order valence-corrected chi connectivity index (χ0v) is 12.1. The molecule has 4 N–H and O–H groups in total. The number of aliphatic hydroxyl groups is 4. The lowest BCUT2D eigenvalue weighted by molar-refractivity contribution is -0.280. The van der Waals surface area contributed by atoms with Crippen LogP contribution in [-0.4, -0.2) is 51.1 Å². The first-order chi connectivity index (χ1) is 9.37. The van der Waals surface area contributed by atoms with Crippen LogP contribution in [-0.2, 0) is 5.91 Å². The Morgan fingerprint density at radius 3 is 2.10 bits per heavy atom. The molecule has 0 bridgehead atoms. The molecule has 0 spiro atoms. The molecule has 0 radical (unpaired) electrons. The maximum absolute atomic E-state index is 12.8. The van der Waals surface area contributed by atoms with Gasteiger partial charge in [-0.25, -0.2) is 9.29 Å². The van der Waals surface area contributed by atoms with Gasteiger partial charge in [0.05, 0.1) is 12.7 Å². The van der Waals surface area contributed by atoms with E-state index >= 15 is 0 Å². The summed E-state index contributed by atoms with van der Waals surface area (Å²) in [5.41, 5.74) is 0.0676. The van der Waals surface area contributed by atoms with Crippen LogP contribution >= 0.6 is 0 Å². The fraction of sp³-hybridized carbons (Fsp3) is 0.571. The number of benzene rings is 1. The number of aliphatic hydroxyl groups excluding tert-OH is 2. The summed E-state index contributed by atoms with van der Waals surface area (Å²) >= 11 is 0. The summed E-state index contributed by atoms with van der Waals surface area (Å²) in [5, 5.41) is 38.3. The molecule has 0 aromatic heterocycles. The Bertz CT molecular complexity index is 368. The lowest BCUT2D eigenvalue weighted by Crippen LogP contribution is -2.50. The quantitative estimate of drug-likeness (QED) is 0.577. The summed E-state index contributed by atoms with van der Waals surface area (Å²) in [4.78, 5) is 1.10. The van der Waals surface area contributed by atoms with Gasteiger partial charge in [0, 0.05) is 18.7 Å². The SMILES string of the molecule is CC.CC(O)CN(CCO)C(O)(O)c1ccc(F)cc1. The molecule has 0 fully saturated rings. The molecule has 0 saturated carbocycles. The van der Waals surface area contributed by atoms with Crippen molar-refractivity contribution in [2.24, 2.45) is 0 Å². The van der Waals surface area contributed by atoms with Crippen LogP contribution in [0.4, 0.5) is 4.39 Å². The third-order valence-corrected chi connectivity index (χ3v) is 2.53. The van der Waals surface area contributed by atoms with E-state index in [9.17, 15) is 19.7 Å². The Morgan fingerprint density at radius 2 is 1.70 bits per heavy atom. The number of nitrogens with zero attached hydrogens (tertiary/aromatic N) is 1. The van der Waals surface area contributed by atoms with E-state index in [1.54, 1.807) is 0 Å². The number of rotatable bonds is 6. The van der Waals surface area contributed by atoms with Crippen molar-refractivity contribution < 1.29 is 24.8 Å². The van der Waals surface area contributed by atoms with Crippen molar-refractivity contribution >= 4 is 0 Å². The van der Waals surface area contributed by atoms with Gasteiger partial charge < -0.3 is 20.4 Å². The van der Waals surface area contributed by atoms with Crippen molar-refractivity contribution in [2.45, 2.75) is 32.8 Å². The van der Waals surface area contributed by atoms with Gasteiger partial charge in [-0.05, 0) is 31.2 Å². The molecule has 5 nitrogen and oxygen atoms in total. The van der Waals surface area contributed by atoms with Gasteiger partial charge in [-0.3, -0.25) is 0 Å². The average Bonchev–Trinajstić information content (AvgIpc) is 2.40. The van der Waals surface area contributed by atoms with E-state index in [2.05, 4.69) is 0 Å². The molecular formula is C14H24FNO4. The topological polar surface area (TPSA) is 84.2 Å². The van der Waals surface area contributed by atoms with E-state index in [0.29, 0.717) is 0 Å². The molecule has 0 aliphatic carbocycles. The van der Waals surface area contributed by atoms with Gasteiger partial charge in [0.25, 0.3) is 5.91 Å². The Kier molecular flexibility index (Phi) is 8.52. The van der Waals surface area contributed by atoms with Crippen molar-refractivity contribution in [3.63, 3.8) is 0 Å². The molecule has 0 saturated heterocycles. The fourth-order valence-corrected chi connectivity index (χ4v) is 1.67. The second kappa shape index (κ2) is 8.99. The predicted octanol–water partition coefficient (Wildman–Crippen LogP) is 0.622. The molecule has 0 amide bonds. The van der Waals surface area contributed by atoms with E-state index in [-0.39, 0.29) is 25.3 Å². The minimum Gasteiger partial charge on any atom is -0.395 e. The van der Waals surface area contributed by atoms with E-state index in [4.69, 9.17) is 5.11 Å². The first-order valence-corrected chi connectivity index (χ1v) is 6.62. The monoisotopic (exact) mass is 289 g/mol. The third kappa shape index (κ3) is 5.52. The molecule has 0 heterocycles. The summed E-state index contributed by atoms with van der Waals surface area (Å²) in [6.07, 6.45) is -0.796. The molecule has 6 heteroatoms.